The Labute approximate surface area is 182 Å². The Morgan fingerprint density at radius 2 is 1.68 bits per heavy atom. The molecule has 156 valence electrons. The van der Waals surface area contributed by atoms with Crippen LogP contribution in [0.15, 0.2) is 47.8 Å². The molecule has 1 aliphatic carbocycles. The first-order chi connectivity index (χ1) is 14.9. The summed E-state index contributed by atoms with van der Waals surface area (Å²) in [4.78, 5) is 56.1. The van der Waals surface area contributed by atoms with Crippen molar-refractivity contribution in [3.8, 4) is 0 Å². The lowest BCUT2D eigenvalue weighted by Crippen LogP contribution is -2.27. The molecule has 7 nitrogen and oxygen atoms in total. The first-order valence-corrected chi connectivity index (χ1v) is 10.5. The number of rotatable bonds is 5. The number of hydrogen-bond donors (Lipinski definition) is 0. The second-order valence-corrected chi connectivity index (χ2v) is 7.73. The number of nitrogens with zero attached hydrogens (tertiary/aromatic N) is 2. The molecule has 0 atom stereocenters. The predicted octanol–water partition coefficient (Wildman–Crippen LogP) is 3.65. The van der Waals surface area contributed by atoms with Gasteiger partial charge in [-0.15, -0.1) is 11.3 Å². The van der Waals surface area contributed by atoms with Crippen molar-refractivity contribution in [3.05, 3.63) is 81.4 Å². The molecular weight excluding hydrogens is 416 g/mol. The number of carbonyl (C=O) groups is 4. The highest BCUT2D eigenvalue weighted by molar-refractivity contribution is 7.14. The van der Waals surface area contributed by atoms with E-state index < -0.39 is 5.97 Å². The van der Waals surface area contributed by atoms with E-state index in [9.17, 15) is 19.2 Å². The van der Waals surface area contributed by atoms with Gasteiger partial charge in [-0.2, -0.15) is 0 Å². The van der Waals surface area contributed by atoms with Crippen LogP contribution in [0.2, 0.25) is 0 Å². The average molecular weight is 434 g/mol. The monoisotopic (exact) mass is 434 g/mol. The van der Waals surface area contributed by atoms with E-state index >= 15 is 0 Å². The molecule has 1 aliphatic rings. The molecule has 1 aromatic heterocycles. The lowest BCUT2D eigenvalue weighted by atomic mass is 9.82. The van der Waals surface area contributed by atoms with Crippen LogP contribution in [0.1, 0.15) is 61.7 Å². The van der Waals surface area contributed by atoms with E-state index in [1.54, 1.807) is 35.7 Å². The molecule has 2 aromatic carbocycles. The first-order valence-electron chi connectivity index (χ1n) is 9.63. The van der Waals surface area contributed by atoms with Gasteiger partial charge in [-0.05, 0) is 13.0 Å². The SMILES string of the molecule is CCN(C(C)=O)c1nc(COC(=O)c2cccc3c2C(=O)c2ccccc2C3=O)cs1. The molecule has 8 heteroatoms. The summed E-state index contributed by atoms with van der Waals surface area (Å²) < 4.78 is 5.38. The van der Waals surface area contributed by atoms with Gasteiger partial charge < -0.3 is 4.74 Å². The third-order valence-electron chi connectivity index (χ3n) is 4.99. The Hall–Kier alpha value is -3.65. The summed E-state index contributed by atoms with van der Waals surface area (Å²) in [6.07, 6.45) is 0. The highest BCUT2D eigenvalue weighted by atomic mass is 32.1. The van der Waals surface area contributed by atoms with Crippen LogP contribution in [0.25, 0.3) is 0 Å². The molecule has 3 aromatic rings. The van der Waals surface area contributed by atoms with Crippen molar-refractivity contribution in [2.45, 2.75) is 20.5 Å². The lowest BCUT2D eigenvalue weighted by molar-refractivity contribution is -0.116. The molecule has 1 amide bonds. The van der Waals surface area contributed by atoms with Crippen molar-refractivity contribution < 1.29 is 23.9 Å². The molecule has 0 fully saturated rings. The van der Waals surface area contributed by atoms with Gasteiger partial charge in [-0.25, -0.2) is 9.78 Å². The van der Waals surface area contributed by atoms with E-state index in [4.69, 9.17) is 4.74 Å². The van der Waals surface area contributed by atoms with Crippen molar-refractivity contribution >= 4 is 39.9 Å². The molecule has 0 spiro atoms. The molecule has 0 unspecified atom stereocenters. The molecule has 0 radical (unpaired) electrons. The fourth-order valence-corrected chi connectivity index (χ4v) is 4.43. The highest BCUT2D eigenvalue weighted by Gasteiger charge is 2.33. The highest BCUT2D eigenvalue weighted by Crippen LogP contribution is 2.30. The summed E-state index contributed by atoms with van der Waals surface area (Å²) in [5.41, 5.74) is 1.38. The van der Waals surface area contributed by atoms with E-state index in [2.05, 4.69) is 4.98 Å². The van der Waals surface area contributed by atoms with Gasteiger partial charge in [0.1, 0.15) is 6.61 Å². The Morgan fingerprint density at radius 3 is 2.35 bits per heavy atom. The number of ketones is 2. The van der Waals surface area contributed by atoms with Gasteiger partial charge >= 0.3 is 5.97 Å². The average Bonchev–Trinajstić information content (AvgIpc) is 3.24. The van der Waals surface area contributed by atoms with Crippen LogP contribution < -0.4 is 4.90 Å². The summed E-state index contributed by atoms with van der Waals surface area (Å²) in [7, 11) is 0. The Kier molecular flexibility index (Phi) is 5.48. The zero-order valence-electron chi connectivity index (χ0n) is 16.9. The Morgan fingerprint density at radius 1 is 1.00 bits per heavy atom. The molecule has 0 aliphatic heterocycles. The largest absolute Gasteiger partial charge is 0.456 e. The number of ether oxygens (including phenoxy) is 1. The second kappa shape index (κ2) is 8.23. The molecule has 1 heterocycles. The number of esters is 1. The van der Waals surface area contributed by atoms with E-state index in [-0.39, 0.29) is 46.3 Å². The van der Waals surface area contributed by atoms with Crippen LogP contribution in [-0.2, 0) is 16.1 Å². The van der Waals surface area contributed by atoms with Gasteiger partial charge in [-0.3, -0.25) is 19.3 Å². The number of aromatic nitrogens is 1. The van der Waals surface area contributed by atoms with E-state index in [0.717, 1.165) is 0 Å². The quantitative estimate of drug-likeness (QED) is 0.445. The fraction of sp³-hybridized carbons (Fsp3) is 0.174. The number of anilines is 1. The summed E-state index contributed by atoms with van der Waals surface area (Å²) >= 11 is 1.28. The van der Waals surface area contributed by atoms with Crippen molar-refractivity contribution in [2.75, 3.05) is 11.4 Å². The molecule has 31 heavy (non-hydrogen) atoms. The van der Waals surface area contributed by atoms with Gasteiger partial charge in [0.25, 0.3) is 0 Å². The van der Waals surface area contributed by atoms with Gasteiger partial charge in [0, 0.05) is 41.1 Å². The zero-order chi connectivity index (χ0) is 22.1. The second-order valence-electron chi connectivity index (χ2n) is 6.89. The third kappa shape index (κ3) is 3.66. The van der Waals surface area contributed by atoms with E-state index in [0.29, 0.717) is 22.9 Å². The number of thiazole rings is 1. The maximum atomic E-state index is 13.0. The van der Waals surface area contributed by atoms with Crippen molar-refractivity contribution in [1.29, 1.82) is 0 Å². The maximum Gasteiger partial charge on any atom is 0.339 e. The minimum atomic E-state index is -0.717. The third-order valence-corrected chi connectivity index (χ3v) is 5.90. The molecule has 0 bridgehead atoms. The fourth-order valence-electron chi connectivity index (χ4n) is 3.51. The number of amides is 1. The van der Waals surface area contributed by atoms with Crippen molar-refractivity contribution in [2.24, 2.45) is 0 Å². The number of fused-ring (bicyclic) bond motifs is 2. The molecule has 0 saturated heterocycles. The predicted molar refractivity (Wildman–Crippen MR) is 115 cm³/mol. The zero-order valence-corrected chi connectivity index (χ0v) is 17.7. The summed E-state index contributed by atoms with van der Waals surface area (Å²) in [6, 6.07) is 11.1. The lowest BCUT2D eigenvalue weighted by Gasteiger charge is -2.19. The van der Waals surface area contributed by atoms with Crippen LogP contribution in [0.3, 0.4) is 0 Å². The minimum Gasteiger partial charge on any atom is -0.456 e. The van der Waals surface area contributed by atoms with Crippen LogP contribution in [0, 0.1) is 0 Å². The smallest absolute Gasteiger partial charge is 0.339 e. The number of hydrogen-bond acceptors (Lipinski definition) is 7. The molecule has 0 saturated carbocycles. The van der Waals surface area contributed by atoms with Gasteiger partial charge in [0.15, 0.2) is 16.7 Å². The minimum absolute atomic E-state index is 0.0414. The maximum absolute atomic E-state index is 13.0. The first kappa shape index (κ1) is 20.6. The molecule has 0 N–H and O–H groups in total. The standard InChI is InChI=1S/C23H18N2O5S/c1-3-25(13(2)26)23-24-14(12-31-23)11-30-22(29)18-10-6-9-17-19(18)21(28)16-8-5-4-7-15(16)20(17)27/h4-10,12H,3,11H2,1-2H3. The van der Waals surface area contributed by atoms with E-state index in [1.807, 2.05) is 6.92 Å². The van der Waals surface area contributed by atoms with Crippen LogP contribution >= 0.6 is 11.3 Å². The van der Waals surface area contributed by atoms with Crippen LogP contribution in [0.5, 0.6) is 0 Å². The van der Waals surface area contributed by atoms with E-state index in [1.165, 1.54) is 35.3 Å². The van der Waals surface area contributed by atoms with Gasteiger partial charge in [0.2, 0.25) is 5.91 Å². The normalized spacial score (nSPS) is 12.2. The van der Waals surface area contributed by atoms with Crippen LogP contribution in [-0.4, -0.2) is 35.0 Å². The van der Waals surface area contributed by atoms with Gasteiger partial charge in [0.05, 0.1) is 11.3 Å². The van der Waals surface area contributed by atoms with Crippen molar-refractivity contribution in [1.82, 2.24) is 4.98 Å². The topological polar surface area (TPSA) is 93.6 Å². The Bertz CT molecular complexity index is 1230. The number of carbonyl (C=O) groups excluding carboxylic acids is 4. The number of benzene rings is 2. The van der Waals surface area contributed by atoms with Crippen molar-refractivity contribution in [3.63, 3.8) is 0 Å². The van der Waals surface area contributed by atoms with Gasteiger partial charge in [-0.1, -0.05) is 36.4 Å². The molecule has 4 rings (SSSR count). The molecular formula is C23H18N2O5S. The summed E-state index contributed by atoms with van der Waals surface area (Å²) in [5.74, 6) is -1.52. The summed E-state index contributed by atoms with van der Waals surface area (Å²) in [5, 5.41) is 2.23. The Balaban J connectivity index is 1.57. The van der Waals surface area contributed by atoms with Crippen LogP contribution in [0.4, 0.5) is 5.13 Å². The summed E-state index contributed by atoms with van der Waals surface area (Å²) in [6.45, 7) is 3.67.